The molecular weight excluding hydrogens is 1050 g/mol. The second-order valence-electron chi connectivity index (χ2n) is 16.9. The maximum Gasteiger partial charge on any atom is 0.488 e. The van der Waals surface area contributed by atoms with Gasteiger partial charge in [0, 0.05) is 48.2 Å². The smallest absolute Gasteiger partial charge is 0.423 e. The number of amides is 1. The van der Waals surface area contributed by atoms with E-state index in [9.17, 15) is 24.5 Å². The van der Waals surface area contributed by atoms with Crippen LogP contribution in [0, 0.1) is 76.2 Å². The molecule has 0 aromatic heterocycles. The molecule has 0 aliphatic carbocycles. The number of nitro benzene ring substituents is 1. The second kappa shape index (κ2) is 35.8. The molecule has 0 unspecified atom stereocenters. The largest absolute Gasteiger partial charge is 0.488 e. The topological polar surface area (TPSA) is 444 Å². The van der Waals surface area contributed by atoms with Crippen LogP contribution >= 0.6 is 0 Å². The lowest BCUT2D eigenvalue weighted by Crippen LogP contribution is -2.32. The molecule has 0 bridgehead atoms. The number of nitrogens with zero attached hydrogens (tertiary/aromatic N) is 5. The lowest BCUT2D eigenvalue weighted by Gasteiger charge is -2.05. The van der Waals surface area contributed by atoms with Crippen LogP contribution < -0.4 is 38.1 Å². The normalized spacial score (nSPS) is 9.46. The highest BCUT2D eigenvalue weighted by Gasteiger charge is 2.20. The Bertz CT molecular complexity index is 3290. The Morgan fingerprint density at radius 3 is 1.41 bits per heavy atom. The number of carbonyl (C=O) groups is 3. The zero-order chi connectivity index (χ0) is 61.7. The van der Waals surface area contributed by atoms with Crippen molar-refractivity contribution >= 4 is 104 Å². The van der Waals surface area contributed by atoms with Crippen molar-refractivity contribution in [1.29, 1.82) is 21.0 Å². The summed E-state index contributed by atoms with van der Waals surface area (Å²) in [4.78, 5) is 43.7. The number of aryl methyl sites for hydroxylation is 3. The van der Waals surface area contributed by atoms with Gasteiger partial charge in [0.15, 0.2) is 11.6 Å². The third-order valence-corrected chi connectivity index (χ3v) is 10.9. The van der Waals surface area contributed by atoms with Gasteiger partial charge < -0.3 is 65.6 Å². The van der Waals surface area contributed by atoms with E-state index in [1.165, 1.54) is 48.5 Å². The van der Waals surface area contributed by atoms with E-state index in [-0.39, 0.29) is 51.6 Å². The van der Waals surface area contributed by atoms with Gasteiger partial charge in [-0.15, -0.1) is 0 Å². The van der Waals surface area contributed by atoms with Gasteiger partial charge in [-0.25, -0.2) is 0 Å². The van der Waals surface area contributed by atoms with E-state index in [2.05, 4.69) is 5.32 Å². The Balaban J connectivity index is 0.000000488. The van der Waals surface area contributed by atoms with Crippen LogP contribution in [-0.4, -0.2) is 125 Å². The van der Waals surface area contributed by atoms with Crippen LogP contribution in [0.4, 0.5) is 11.4 Å². The third-order valence-electron chi connectivity index (χ3n) is 10.9. The first kappa shape index (κ1) is 70.4. The SMILES string of the molecule is CCC(=O)Nc1cccc(B(O)O)c1.CCC(=O)c1cc(B(O)O)cc([N+](=O)[O-])c1.CCC(=O)c1cc(C#N)cc(B(O)O)c1.Cc1cc(B(O)O)ccc1C#N.Cc1ccc(B(O)O)cc1C#N.Cc1ccc(C#N)cc1B(O)O. The molecule has 1 amide bonds. The summed E-state index contributed by atoms with van der Waals surface area (Å²) in [6, 6.07) is 36.0. The van der Waals surface area contributed by atoms with Crippen molar-refractivity contribution in [2.24, 2.45) is 0 Å². The summed E-state index contributed by atoms with van der Waals surface area (Å²) in [5, 5.41) is 154. The number of ketones is 2. The molecule has 0 radical (unpaired) electrons. The first-order valence-electron chi connectivity index (χ1n) is 24.1. The van der Waals surface area contributed by atoms with E-state index in [0.29, 0.717) is 62.6 Å². The van der Waals surface area contributed by atoms with Crippen LogP contribution in [-0.2, 0) is 4.79 Å². The number of hydrogen-bond acceptors (Lipinski definition) is 21. The molecule has 0 heterocycles. The fourth-order valence-electron chi connectivity index (χ4n) is 6.39. The van der Waals surface area contributed by atoms with Gasteiger partial charge in [0.2, 0.25) is 5.91 Å². The van der Waals surface area contributed by atoms with E-state index in [0.717, 1.165) is 28.8 Å². The van der Waals surface area contributed by atoms with Gasteiger partial charge in [0.1, 0.15) is 0 Å². The van der Waals surface area contributed by atoms with Crippen molar-refractivity contribution < 1.29 is 79.6 Å². The molecular formula is C52H56B6N6O17. The Morgan fingerprint density at radius 2 is 0.951 bits per heavy atom. The van der Waals surface area contributed by atoms with Gasteiger partial charge in [0.05, 0.1) is 51.5 Å². The summed E-state index contributed by atoms with van der Waals surface area (Å²) in [7, 11) is -9.47. The van der Waals surface area contributed by atoms with Gasteiger partial charge in [-0.1, -0.05) is 80.9 Å². The van der Waals surface area contributed by atoms with Crippen molar-refractivity contribution in [1.82, 2.24) is 0 Å². The van der Waals surface area contributed by atoms with Crippen LogP contribution in [0.2, 0.25) is 0 Å². The monoisotopic (exact) mass is 1100 g/mol. The summed E-state index contributed by atoms with van der Waals surface area (Å²) in [5.74, 6) is -0.519. The van der Waals surface area contributed by atoms with Crippen molar-refractivity contribution in [3.05, 3.63) is 175 Å². The highest BCUT2D eigenvalue weighted by Crippen LogP contribution is 2.14. The number of anilines is 1. The van der Waals surface area contributed by atoms with Crippen LogP contribution in [0.15, 0.2) is 115 Å². The molecule has 6 aromatic carbocycles. The molecule has 414 valence electrons. The summed E-state index contributed by atoms with van der Waals surface area (Å²) in [5.41, 5.74) is 6.34. The Hall–Kier alpha value is -8.60. The maximum absolute atomic E-state index is 11.4. The number of nitrogens with one attached hydrogen (secondary N) is 1. The number of Topliss-reactive ketones (excluding diaryl/α,β-unsaturated/α-hetero) is 2. The number of nitro groups is 1. The third kappa shape index (κ3) is 24.5. The zero-order valence-electron chi connectivity index (χ0n) is 44.7. The molecule has 0 aliphatic heterocycles. The molecule has 0 spiro atoms. The number of carbonyl (C=O) groups excluding carboxylic acids is 3. The number of benzene rings is 6. The Labute approximate surface area is 469 Å². The molecule has 0 saturated heterocycles. The summed E-state index contributed by atoms with van der Waals surface area (Å²) in [6.45, 7) is 10.4. The summed E-state index contributed by atoms with van der Waals surface area (Å²) < 4.78 is 0. The molecule has 23 nitrogen and oxygen atoms in total. The van der Waals surface area contributed by atoms with Gasteiger partial charge >= 0.3 is 42.7 Å². The lowest BCUT2D eigenvalue weighted by atomic mass is 9.77. The first-order valence-corrected chi connectivity index (χ1v) is 24.1. The molecule has 81 heavy (non-hydrogen) atoms. The Kier molecular flexibility index (Phi) is 31.1. The number of nitriles is 4. The first-order chi connectivity index (χ1) is 38.1. The fraction of sp³-hybridized carbons (Fsp3) is 0.173. The minimum atomic E-state index is -1.83. The van der Waals surface area contributed by atoms with Crippen LogP contribution in [0.5, 0.6) is 0 Å². The van der Waals surface area contributed by atoms with Crippen molar-refractivity contribution in [3.63, 3.8) is 0 Å². The molecule has 6 aromatic rings. The van der Waals surface area contributed by atoms with Crippen LogP contribution in [0.25, 0.3) is 0 Å². The summed E-state index contributed by atoms with van der Waals surface area (Å²) in [6.07, 6.45) is 0.907. The minimum Gasteiger partial charge on any atom is -0.423 e. The van der Waals surface area contributed by atoms with Gasteiger partial charge in [-0.3, -0.25) is 24.5 Å². The predicted molar refractivity (Wildman–Crippen MR) is 305 cm³/mol. The van der Waals surface area contributed by atoms with E-state index in [1.54, 1.807) is 96.1 Å². The van der Waals surface area contributed by atoms with Gasteiger partial charge in [-0.05, 0) is 113 Å². The molecule has 6 rings (SSSR count). The quantitative estimate of drug-likeness (QED) is 0.0259. The zero-order valence-corrected chi connectivity index (χ0v) is 44.7. The molecule has 0 aliphatic rings. The van der Waals surface area contributed by atoms with Crippen LogP contribution in [0.1, 0.15) is 99.7 Å². The molecule has 29 heteroatoms. The molecule has 13 N–H and O–H groups in total. The van der Waals surface area contributed by atoms with Crippen LogP contribution in [0.3, 0.4) is 0 Å². The average molecular weight is 1100 g/mol. The highest BCUT2D eigenvalue weighted by atomic mass is 16.6. The van der Waals surface area contributed by atoms with E-state index in [1.807, 2.05) is 24.3 Å². The average Bonchev–Trinajstić information content (AvgIpc) is 3.45. The van der Waals surface area contributed by atoms with Gasteiger partial charge in [0.25, 0.3) is 5.69 Å². The van der Waals surface area contributed by atoms with Gasteiger partial charge in [-0.2, -0.15) is 21.0 Å². The standard InChI is InChI=1S/C10H10BNO3.C9H10BNO5.C9H12BNO3.3C8H8BNO2/c1-2-10(13)8-3-7(6-12)4-9(5-8)11(14)15;1-2-9(12)6-3-7(10(13)14)5-8(4-6)11(15)16;1-2-9(12)11-8-5-3-4-7(6-8)10(13)14;1-6-4-8(9(11)12)3-2-7(6)5-10;1-6-2-3-8(9(11)12)4-7(6)5-10;1-6-2-3-7(5-10)4-8(6)9(11)12/h3-5,14-15H,2H2,1H3;3-5,13-14H,2H2,1H3;3-6,13-14H,2H2,1H3,(H,11,12);3*2-4,11-12H,1H3. The van der Waals surface area contributed by atoms with E-state index >= 15 is 0 Å². The van der Waals surface area contributed by atoms with E-state index < -0.39 is 47.6 Å². The Morgan fingerprint density at radius 1 is 0.469 bits per heavy atom. The van der Waals surface area contributed by atoms with Crippen molar-refractivity contribution in [2.75, 3.05) is 5.32 Å². The predicted octanol–water partition coefficient (Wildman–Crippen LogP) is -1.95. The molecule has 0 fully saturated rings. The molecule has 0 atom stereocenters. The van der Waals surface area contributed by atoms with Crippen molar-refractivity contribution in [3.8, 4) is 24.3 Å². The maximum atomic E-state index is 11.4. The number of rotatable bonds is 13. The van der Waals surface area contributed by atoms with E-state index in [4.69, 9.17) is 81.3 Å². The fourth-order valence-corrected chi connectivity index (χ4v) is 6.39. The summed E-state index contributed by atoms with van der Waals surface area (Å²) >= 11 is 0. The number of non-ortho nitro benzene ring substituents is 1. The minimum absolute atomic E-state index is 0.0639. The lowest BCUT2D eigenvalue weighted by molar-refractivity contribution is -0.384. The number of hydrogen-bond donors (Lipinski definition) is 13. The van der Waals surface area contributed by atoms with Crippen molar-refractivity contribution in [2.45, 2.75) is 60.8 Å². The highest BCUT2D eigenvalue weighted by molar-refractivity contribution is 6.60. The second-order valence-corrected chi connectivity index (χ2v) is 16.9. The molecule has 0 saturated carbocycles.